The van der Waals surface area contributed by atoms with Gasteiger partial charge in [0.05, 0.1) is 16.3 Å². The van der Waals surface area contributed by atoms with Gasteiger partial charge in [-0.3, -0.25) is 10.2 Å². The summed E-state index contributed by atoms with van der Waals surface area (Å²) in [7, 11) is 1.58. The Morgan fingerprint density at radius 2 is 1.97 bits per heavy atom. The standard InChI is InChI=1S/C26H21IN4O3S/c1-3-22-30-31-24(28)19(25(32)29-26(31)35-22)11-15-12-20(27)23(21(13-15)33-2)34-14-17-9-6-8-16-7-4-5-10-18(16)17/h4-13,28H,3,14H2,1-2H3/b19-11-,28-24?. The number of amides is 1. The highest BCUT2D eigenvalue weighted by atomic mass is 127. The molecule has 176 valence electrons. The minimum absolute atomic E-state index is 0.0150. The molecule has 3 aromatic carbocycles. The number of benzene rings is 3. The first kappa shape index (κ1) is 23.6. The third kappa shape index (κ3) is 4.57. The molecular weight excluding hydrogens is 575 g/mol. The highest BCUT2D eigenvalue weighted by molar-refractivity contribution is 14.1. The fourth-order valence-electron chi connectivity index (χ4n) is 3.87. The van der Waals surface area contributed by atoms with Crippen LogP contribution in [0.25, 0.3) is 16.8 Å². The summed E-state index contributed by atoms with van der Waals surface area (Å²) in [6.45, 7) is 2.37. The highest BCUT2D eigenvalue weighted by Crippen LogP contribution is 2.36. The molecule has 5 rings (SSSR count). The first-order valence-corrected chi connectivity index (χ1v) is 12.8. The average Bonchev–Trinajstić information content (AvgIpc) is 3.29. The van der Waals surface area contributed by atoms with E-state index in [1.54, 1.807) is 19.3 Å². The van der Waals surface area contributed by atoms with Gasteiger partial charge in [-0.1, -0.05) is 49.4 Å². The topological polar surface area (TPSA) is 87.3 Å². The lowest BCUT2D eigenvalue weighted by Gasteiger charge is -2.20. The van der Waals surface area contributed by atoms with Gasteiger partial charge in [0.1, 0.15) is 11.7 Å². The van der Waals surface area contributed by atoms with Crippen LogP contribution < -0.4 is 9.47 Å². The van der Waals surface area contributed by atoms with Gasteiger partial charge in [-0.05, 0) is 80.9 Å². The maximum Gasteiger partial charge on any atom is 0.283 e. The maximum absolute atomic E-state index is 12.7. The van der Waals surface area contributed by atoms with Gasteiger partial charge in [-0.2, -0.15) is 15.1 Å². The number of methoxy groups -OCH3 is 1. The monoisotopic (exact) mass is 596 g/mol. The Morgan fingerprint density at radius 1 is 1.17 bits per heavy atom. The number of fused-ring (bicyclic) bond motifs is 2. The number of nitrogens with zero attached hydrogens (tertiary/aromatic N) is 3. The molecule has 9 heteroatoms. The fraction of sp³-hybridized carbons (Fsp3) is 0.154. The van der Waals surface area contributed by atoms with Crippen molar-refractivity contribution in [2.24, 2.45) is 10.1 Å². The van der Waals surface area contributed by atoms with Gasteiger partial charge in [0.15, 0.2) is 17.3 Å². The highest BCUT2D eigenvalue weighted by Gasteiger charge is 2.35. The second-order valence-corrected chi connectivity index (χ2v) is 10.0. The Bertz CT molecular complexity index is 1460. The molecule has 3 aromatic rings. The minimum atomic E-state index is -0.452. The van der Waals surface area contributed by atoms with Crippen LogP contribution in [0.4, 0.5) is 0 Å². The van der Waals surface area contributed by atoms with Gasteiger partial charge in [-0.15, -0.1) is 0 Å². The van der Waals surface area contributed by atoms with Crippen LogP contribution in [0.15, 0.2) is 70.3 Å². The molecule has 2 aliphatic heterocycles. The summed E-state index contributed by atoms with van der Waals surface area (Å²) >= 11 is 3.52. The van der Waals surface area contributed by atoms with Gasteiger partial charge in [0.25, 0.3) is 5.91 Å². The largest absolute Gasteiger partial charge is 0.493 e. The van der Waals surface area contributed by atoms with Gasteiger partial charge in [0, 0.05) is 0 Å². The summed E-state index contributed by atoms with van der Waals surface area (Å²) in [5.41, 5.74) is 1.97. The number of carbonyl (C=O) groups excluding carboxylic acids is 1. The summed E-state index contributed by atoms with van der Waals surface area (Å²) in [5.74, 6) is 0.737. The fourth-order valence-corrected chi connectivity index (χ4v) is 5.48. The van der Waals surface area contributed by atoms with E-state index in [1.807, 2.05) is 31.2 Å². The molecular formula is C26H21IN4O3S. The van der Waals surface area contributed by atoms with Crippen molar-refractivity contribution in [3.05, 3.63) is 74.9 Å². The van der Waals surface area contributed by atoms with E-state index in [0.717, 1.165) is 31.4 Å². The van der Waals surface area contributed by atoms with E-state index in [-0.39, 0.29) is 11.4 Å². The number of ether oxygens (including phenoxy) is 2. The Morgan fingerprint density at radius 3 is 2.77 bits per heavy atom. The molecule has 0 unspecified atom stereocenters. The maximum atomic E-state index is 12.7. The molecule has 0 saturated heterocycles. The molecule has 0 spiro atoms. The lowest BCUT2D eigenvalue weighted by Crippen LogP contribution is -2.35. The van der Waals surface area contributed by atoms with Crippen LogP contribution in [0.2, 0.25) is 0 Å². The predicted molar refractivity (Wildman–Crippen MR) is 149 cm³/mol. The van der Waals surface area contributed by atoms with Crippen LogP contribution in [0.1, 0.15) is 24.5 Å². The summed E-state index contributed by atoms with van der Waals surface area (Å²) < 4.78 is 12.7. The van der Waals surface area contributed by atoms with Crippen LogP contribution in [-0.2, 0) is 11.4 Å². The molecule has 1 N–H and O–H groups in total. The average molecular weight is 596 g/mol. The quantitative estimate of drug-likeness (QED) is 0.276. The van der Waals surface area contributed by atoms with E-state index < -0.39 is 5.91 Å². The predicted octanol–water partition coefficient (Wildman–Crippen LogP) is 6.06. The van der Waals surface area contributed by atoms with Crippen molar-refractivity contribution in [2.45, 2.75) is 20.0 Å². The zero-order valence-corrected chi connectivity index (χ0v) is 22.0. The molecule has 0 aromatic heterocycles. The Balaban J connectivity index is 1.43. The van der Waals surface area contributed by atoms with Crippen molar-refractivity contribution in [3.8, 4) is 11.5 Å². The second-order valence-electron chi connectivity index (χ2n) is 7.83. The van der Waals surface area contributed by atoms with Gasteiger partial charge in [-0.25, -0.2) is 0 Å². The smallest absolute Gasteiger partial charge is 0.283 e. The van der Waals surface area contributed by atoms with E-state index in [2.05, 4.69) is 57.0 Å². The number of halogens is 1. The molecule has 0 saturated carbocycles. The first-order valence-electron chi connectivity index (χ1n) is 10.9. The van der Waals surface area contributed by atoms with E-state index in [4.69, 9.17) is 14.9 Å². The molecule has 0 fully saturated rings. The van der Waals surface area contributed by atoms with E-state index in [9.17, 15) is 4.79 Å². The van der Waals surface area contributed by atoms with Crippen LogP contribution in [0, 0.1) is 8.98 Å². The molecule has 2 heterocycles. The number of hydrogen-bond acceptors (Lipinski definition) is 6. The number of aliphatic imine (C=N–C) groups is 1. The summed E-state index contributed by atoms with van der Waals surface area (Å²) in [4.78, 5) is 16.8. The van der Waals surface area contributed by atoms with Gasteiger partial charge in [0.2, 0.25) is 5.17 Å². The molecule has 2 aliphatic rings. The number of thioether (sulfide) groups is 1. The van der Waals surface area contributed by atoms with Crippen molar-refractivity contribution in [1.82, 2.24) is 5.01 Å². The number of rotatable bonds is 6. The van der Waals surface area contributed by atoms with Crippen LogP contribution in [0.5, 0.6) is 11.5 Å². The second kappa shape index (κ2) is 9.82. The third-order valence-electron chi connectivity index (χ3n) is 5.61. The van der Waals surface area contributed by atoms with Crippen LogP contribution in [0.3, 0.4) is 0 Å². The number of nitrogens with one attached hydrogen (secondary N) is 1. The molecule has 0 atom stereocenters. The number of hydrazone groups is 1. The van der Waals surface area contributed by atoms with E-state index in [1.165, 1.54) is 16.8 Å². The third-order valence-corrected chi connectivity index (χ3v) is 7.47. The lowest BCUT2D eigenvalue weighted by atomic mass is 10.1. The summed E-state index contributed by atoms with van der Waals surface area (Å²) in [5, 5.41) is 17.9. The number of hydrogen-bond donors (Lipinski definition) is 1. The first-order chi connectivity index (χ1) is 17.0. The molecule has 0 bridgehead atoms. The molecule has 0 radical (unpaired) electrons. The lowest BCUT2D eigenvalue weighted by molar-refractivity contribution is -0.114. The number of carbonyl (C=O) groups is 1. The molecule has 0 aliphatic carbocycles. The van der Waals surface area contributed by atoms with Crippen molar-refractivity contribution in [2.75, 3.05) is 7.11 Å². The SMILES string of the molecule is CCC1=NN2C(=N)/C(=C/c3cc(I)c(OCc4cccc5ccccc45)c(OC)c3)C(=O)N=C2S1. The van der Waals surface area contributed by atoms with Gasteiger partial charge >= 0.3 is 0 Å². The Kier molecular flexibility index (Phi) is 6.61. The van der Waals surface area contributed by atoms with Crippen molar-refractivity contribution in [1.29, 1.82) is 5.41 Å². The Hall–Kier alpha value is -3.18. The van der Waals surface area contributed by atoms with Crippen molar-refractivity contribution >= 4 is 73.2 Å². The van der Waals surface area contributed by atoms with E-state index >= 15 is 0 Å². The summed E-state index contributed by atoms with van der Waals surface area (Å²) in [6.07, 6.45) is 2.37. The molecule has 7 nitrogen and oxygen atoms in total. The Labute approximate surface area is 220 Å². The molecule has 35 heavy (non-hydrogen) atoms. The molecule has 1 amide bonds. The van der Waals surface area contributed by atoms with Crippen LogP contribution >= 0.6 is 34.4 Å². The summed E-state index contributed by atoms with van der Waals surface area (Å²) in [6, 6.07) is 18.1. The zero-order chi connectivity index (χ0) is 24.5. The van der Waals surface area contributed by atoms with Crippen LogP contribution in [-0.4, -0.2) is 34.1 Å². The van der Waals surface area contributed by atoms with Crippen molar-refractivity contribution in [3.63, 3.8) is 0 Å². The zero-order valence-electron chi connectivity index (χ0n) is 19.0. The van der Waals surface area contributed by atoms with Crippen molar-refractivity contribution < 1.29 is 14.3 Å². The number of amidine groups is 2. The normalized spacial score (nSPS) is 16.4. The van der Waals surface area contributed by atoms with Gasteiger partial charge < -0.3 is 9.47 Å². The minimum Gasteiger partial charge on any atom is -0.493 e. The van der Waals surface area contributed by atoms with E-state index in [0.29, 0.717) is 28.8 Å².